The van der Waals surface area contributed by atoms with Gasteiger partial charge in [0, 0.05) is 13.1 Å². The number of likely N-dealkylation sites (tertiary alicyclic amines) is 1. The largest absolute Gasteiger partial charge is 0.491 e. The van der Waals surface area contributed by atoms with Gasteiger partial charge in [0.25, 0.3) is 0 Å². The van der Waals surface area contributed by atoms with Crippen molar-refractivity contribution in [3.05, 3.63) is 65.2 Å². The molecule has 2 aliphatic heterocycles. The molecule has 1 N–H and O–H groups in total. The summed E-state index contributed by atoms with van der Waals surface area (Å²) in [6.45, 7) is 7.66. The monoisotopic (exact) mass is 422 g/mol. The fourth-order valence-electron chi connectivity index (χ4n) is 4.59. The number of piperidine rings is 1. The highest BCUT2D eigenvalue weighted by atomic mass is 16.5. The molecule has 2 heterocycles. The van der Waals surface area contributed by atoms with E-state index >= 15 is 0 Å². The van der Waals surface area contributed by atoms with Crippen LogP contribution in [-0.2, 0) is 11.2 Å². The number of hydrogen-bond acceptors (Lipinski definition) is 5. The first-order valence-electron chi connectivity index (χ1n) is 11.5. The molecule has 1 saturated heterocycles. The number of aliphatic imine (C=N–C) groups is 1. The Kier molecular flexibility index (Phi) is 7.25. The first-order chi connectivity index (χ1) is 15.1. The van der Waals surface area contributed by atoms with Gasteiger partial charge in [-0.15, -0.1) is 0 Å². The lowest BCUT2D eigenvalue weighted by Gasteiger charge is -2.30. The lowest BCUT2D eigenvalue weighted by molar-refractivity contribution is 0.0712. The highest BCUT2D eigenvalue weighted by Crippen LogP contribution is 2.33. The fraction of sp³-hybridized carbons (Fsp3) is 0.500. The summed E-state index contributed by atoms with van der Waals surface area (Å²) in [5, 5.41) is 9.92. The third kappa shape index (κ3) is 5.46. The second kappa shape index (κ2) is 10.3. The highest BCUT2D eigenvalue weighted by Gasteiger charge is 2.31. The molecule has 31 heavy (non-hydrogen) atoms. The molecular formula is C26H34N2O3. The Labute approximate surface area is 185 Å². The Balaban J connectivity index is 1.39. The van der Waals surface area contributed by atoms with Crippen LogP contribution >= 0.6 is 0 Å². The summed E-state index contributed by atoms with van der Waals surface area (Å²) in [5.41, 5.74) is 3.69. The highest BCUT2D eigenvalue weighted by molar-refractivity contribution is 5.52. The van der Waals surface area contributed by atoms with Crippen LogP contribution in [0.25, 0.3) is 0 Å². The SMILES string of the molecule is CC(C)c1ccccc1C1OC=NC1COc1ccccc1CCN1CCCC(O)C1. The normalized spacial score (nSPS) is 23.8. The zero-order valence-electron chi connectivity index (χ0n) is 18.6. The summed E-state index contributed by atoms with van der Waals surface area (Å²) in [6.07, 6.45) is 4.17. The summed E-state index contributed by atoms with van der Waals surface area (Å²) >= 11 is 0. The molecule has 0 bridgehead atoms. The van der Waals surface area contributed by atoms with Crippen LogP contribution in [0.1, 0.15) is 55.4 Å². The van der Waals surface area contributed by atoms with E-state index in [1.165, 1.54) is 16.7 Å². The maximum absolute atomic E-state index is 9.92. The standard InChI is InChI=1S/C26H34N2O3/c1-19(2)22-10-4-5-11-23(22)26-24(27-18-31-26)17-30-25-12-6-3-8-20(25)13-15-28-14-7-9-21(29)16-28/h3-6,8,10-12,18-19,21,24,26,29H,7,9,13-17H2,1-2H3. The van der Waals surface area contributed by atoms with Crippen LogP contribution in [0.5, 0.6) is 5.75 Å². The predicted octanol–water partition coefficient (Wildman–Crippen LogP) is 4.36. The Morgan fingerprint density at radius 2 is 1.97 bits per heavy atom. The van der Waals surface area contributed by atoms with Gasteiger partial charge in [-0.3, -0.25) is 0 Å². The molecule has 166 valence electrons. The molecule has 2 aliphatic rings. The van der Waals surface area contributed by atoms with E-state index in [0.29, 0.717) is 12.5 Å². The van der Waals surface area contributed by atoms with Crippen molar-refractivity contribution in [1.82, 2.24) is 4.90 Å². The van der Waals surface area contributed by atoms with Crippen molar-refractivity contribution in [3.63, 3.8) is 0 Å². The molecule has 0 amide bonds. The molecule has 0 aliphatic carbocycles. The molecule has 0 saturated carbocycles. The van der Waals surface area contributed by atoms with Crippen LogP contribution in [0.3, 0.4) is 0 Å². The first-order valence-corrected chi connectivity index (χ1v) is 11.5. The van der Waals surface area contributed by atoms with E-state index < -0.39 is 0 Å². The number of nitrogens with zero attached hydrogens (tertiary/aromatic N) is 2. The van der Waals surface area contributed by atoms with E-state index in [2.05, 4.69) is 60.1 Å². The van der Waals surface area contributed by atoms with E-state index in [4.69, 9.17) is 9.47 Å². The van der Waals surface area contributed by atoms with Gasteiger partial charge in [0.1, 0.15) is 18.4 Å². The Bertz CT molecular complexity index is 882. The van der Waals surface area contributed by atoms with Gasteiger partial charge >= 0.3 is 0 Å². The maximum atomic E-state index is 9.92. The number of hydrogen-bond donors (Lipinski definition) is 1. The average Bonchev–Trinajstić information content (AvgIpc) is 3.25. The zero-order chi connectivity index (χ0) is 21.6. The van der Waals surface area contributed by atoms with Gasteiger partial charge in [-0.2, -0.15) is 0 Å². The average molecular weight is 423 g/mol. The topological polar surface area (TPSA) is 54.3 Å². The fourth-order valence-corrected chi connectivity index (χ4v) is 4.59. The Morgan fingerprint density at radius 1 is 1.16 bits per heavy atom. The minimum absolute atomic E-state index is 0.0646. The molecule has 1 fully saturated rings. The van der Waals surface area contributed by atoms with Crippen LogP contribution in [0.4, 0.5) is 0 Å². The molecule has 0 aromatic heterocycles. The van der Waals surface area contributed by atoms with Gasteiger partial charge in [0.2, 0.25) is 0 Å². The van der Waals surface area contributed by atoms with Gasteiger partial charge in [0.15, 0.2) is 12.5 Å². The second-order valence-corrected chi connectivity index (χ2v) is 8.93. The molecule has 5 heteroatoms. The molecule has 3 atom stereocenters. The van der Waals surface area contributed by atoms with Crippen molar-refractivity contribution in [2.24, 2.45) is 4.99 Å². The minimum atomic E-state index is -0.189. The minimum Gasteiger partial charge on any atom is -0.491 e. The molecular weight excluding hydrogens is 388 g/mol. The van der Waals surface area contributed by atoms with Crippen molar-refractivity contribution in [2.45, 2.75) is 57.3 Å². The molecule has 4 rings (SSSR count). The van der Waals surface area contributed by atoms with Crippen molar-refractivity contribution < 1.29 is 14.6 Å². The van der Waals surface area contributed by atoms with Gasteiger partial charge in [-0.25, -0.2) is 4.99 Å². The zero-order valence-corrected chi connectivity index (χ0v) is 18.6. The third-order valence-electron chi connectivity index (χ3n) is 6.29. The second-order valence-electron chi connectivity index (χ2n) is 8.93. The number of rotatable bonds is 8. The Morgan fingerprint density at radius 3 is 2.81 bits per heavy atom. The smallest absolute Gasteiger partial charge is 0.171 e. The molecule has 0 radical (unpaired) electrons. The first kappa shape index (κ1) is 21.8. The summed E-state index contributed by atoms with van der Waals surface area (Å²) in [7, 11) is 0. The number of β-amino-alcohol motifs (C(OH)–C–C–N with tert-alkyl or cyclic N) is 1. The number of aliphatic hydroxyl groups excluding tert-OH is 1. The summed E-state index contributed by atoms with van der Waals surface area (Å²) in [4.78, 5) is 6.90. The van der Waals surface area contributed by atoms with Gasteiger partial charge in [-0.1, -0.05) is 56.3 Å². The van der Waals surface area contributed by atoms with E-state index in [0.717, 1.165) is 44.6 Å². The van der Waals surface area contributed by atoms with Crippen molar-refractivity contribution in [1.29, 1.82) is 0 Å². The molecule has 2 aromatic carbocycles. The van der Waals surface area contributed by atoms with Crippen LogP contribution in [0.2, 0.25) is 0 Å². The van der Waals surface area contributed by atoms with Crippen molar-refractivity contribution >= 4 is 6.40 Å². The summed E-state index contributed by atoms with van der Waals surface area (Å²) in [6, 6.07) is 16.6. The molecule has 3 unspecified atom stereocenters. The van der Waals surface area contributed by atoms with E-state index in [1.54, 1.807) is 6.40 Å². The van der Waals surface area contributed by atoms with E-state index in [-0.39, 0.29) is 18.2 Å². The van der Waals surface area contributed by atoms with Gasteiger partial charge in [0.05, 0.1) is 6.10 Å². The predicted molar refractivity (Wildman–Crippen MR) is 124 cm³/mol. The molecule has 0 spiro atoms. The number of para-hydroxylation sites is 1. The molecule has 5 nitrogen and oxygen atoms in total. The molecule has 2 aromatic rings. The maximum Gasteiger partial charge on any atom is 0.171 e. The van der Waals surface area contributed by atoms with E-state index in [1.807, 2.05) is 12.1 Å². The lowest BCUT2D eigenvalue weighted by Crippen LogP contribution is -2.39. The third-order valence-corrected chi connectivity index (χ3v) is 6.29. The van der Waals surface area contributed by atoms with Crippen molar-refractivity contribution in [2.75, 3.05) is 26.2 Å². The van der Waals surface area contributed by atoms with Gasteiger partial charge in [-0.05, 0) is 54.5 Å². The summed E-state index contributed by atoms with van der Waals surface area (Å²) in [5.74, 6) is 1.34. The van der Waals surface area contributed by atoms with Crippen LogP contribution in [-0.4, -0.2) is 54.8 Å². The summed E-state index contributed by atoms with van der Waals surface area (Å²) < 4.78 is 12.2. The van der Waals surface area contributed by atoms with Crippen LogP contribution in [0.15, 0.2) is 53.5 Å². The lowest BCUT2D eigenvalue weighted by atomic mass is 9.91. The van der Waals surface area contributed by atoms with Crippen LogP contribution < -0.4 is 4.74 Å². The quantitative estimate of drug-likeness (QED) is 0.687. The number of aliphatic hydroxyl groups is 1. The van der Waals surface area contributed by atoms with Gasteiger partial charge < -0.3 is 19.5 Å². The van der Waals surface area contributed by atoms with Crippen LogP contribution in [0, 0.1) is 0 Å². The number of ether oxygens (including phenoxy) is 2. The van der Waals surface area contributed by atoms with E-state index in [9.17, 15) is 5.11 Å². The Hall–Kier alpha value is -2.37. The van der Waals surface area contributed by atoms with Crippen molar-refractivity contribution in [3.8, 4) is 5.75 Å². The number of benzene rings is 2.